The molecule has 0 radical (unpaired) electrons. The molecule has 0 amide bonds. The number of unbranched alkanes of at least 4 members (excludes halogenated alkanes) is 5. The summed E-state index contributed by atoms with van der Waals surface area (Å²) >= 11 is 0. The molecular weight excluding hydrogens is 210 g/mol. The highest BCUT2D eigenvalue weighted by Gasteiger charge is 2.52. The van der Waals surface area contributed by atoms with Crippen molar-refractivity contribution >= 4 is 0 Å². The van der Waals surface area contributed by atoms with Crippen LogP contribution >= 0.6 is 0 Å². The maximum atomic E-state index is 12.8. The van der Waals surface area contributed by atoms with E-state index in [9.17, 15) is 17.6 Å². The van der Waals surface area contributed by atoms with Crippen LogP contribution in [0.25, 0.3) is 0 Å². The van der Waals surface area contributed by atoms with E-state index in [1.165, 1.54) is 0 Å². The Morgan fingerprint density at radius 1 is 0.867 bits per heavy atom. The van der Waals surface area contributed by atoms with Gasteiger partial charge in [-0.2, -0.15) is 13.2 Å². The van der Waals surface area contributed by atoms with E-state index in [2.05, 4.69) is 12.7 Å². The fourth-order valence-corrected chi connectivity index (χ4v) is 1.30. The Hall–Kier alpha value is -0.320. The minimum Gasteiger partial charge on any atom is -0.291 e. The number of alkyl halides is 4. The molecule has 0 fully saturated rings. The zero-order valence-corrected chi connectivity index (χ0v) is 9.04. The van der Waals surface area contributed by atoms with Crippen LogP contribution in [0.15, 0.2) is 0 Å². The molecule has 0 aliphatic heterocycles. The third-order valence-corrected chi connectivity index (χ3v) is 2.37. The molecule has 0 rings (SSSR count). The molecule has 0 aliphatic rings. The molecular formula is C10H19F4N. The van der Waals surface area contributed by atoms with E-state index in [1.807, 2.05) is 0 Å². The normalized spacial score (nSPS) is 16.4. The van der Waals surface area contributed by atoms with Gasteiger partial charge in [-0.25, -0.2) is 4.39 Å². The van der Waals surface area contributed by atoms with Crippen LogP contribution in [0.3, 0.4) is 0 Å². The minimum absolute atomic E-state index is 0.191. The van der Waals surface area contributed by atoms with Gasteiger partial charge in [-0.05, 0) is 6.42 Å². The van der Waals surface area contributed by atoms with Crippen LogP contribution in [0.5, 0.6) is 0 Å². The van der Waals surface area contributed by atoms with Gasteiger partial charge in [0.05, 0.1) is 0 Å². The quantitative estimate of drug-likeness (QED) is 0.399. The number of hydrogen-bond donors (Lipinski definition) is 1. The molecule has 0 aromatic carbocycles. The Kier molecular flexibility index (Phi) is 6.17. The van der Waals surface area contributed by atoms with Crippen molar-refractivity contribution < 1.29 is 17.6 Å². The van der Waals surface area contributed by atoms with Crippen LogP contribution in [-0.2, 0) is 0 Å². The van der Waals surface area contributed by atoms with Gasteiger partial charge in [-0.3, -0.25) is 5.73 Å². The molecule has 5 heteroatoms. The van der Waals surface area contributed by atoms with E-state index in [-0.39, 0.29) is 6.42 Å². The third-order valence-electron chi connectivity index (χ3n) is 2.37. The van der Waals surface area contributed by atoms with Gasteiger partial charge in [0.25, 0.3) is 5.79 Å². The average molecular weight is 229 g/mol. The topological polar surface area (TPSA) is 26.0 Å². The molecule has 1 atom stereocenters. The van der Waals surface area contributed by atoms with Crippen LogP contribution in [0.2, 0.25) is 0 Å². The van der Waals surface area contributed by atoms with Crippen molar-refractivity contribution in [3.63, 3.8) is 0 Å². The van der Waals surface area contributed by atoms with Crippen LogP contribution < -0.4 is 5.73 Å². The molecule has 0 spiro atoms. The standard InChI is InChI=1S/C10H19F4N/c1-2-3-4-5-6-7-8-9(11,15)10(12,13)14/h2-8,15H2,1H3. The second kappa shape index (κ2) is 6.30. The van der Waals surface area contributed by atoms with Crippen molar-refractivity contribution in [2.24, 2.45) is 5.73 Å². The van der Waals surface area contributed by atoms with Gasteiger partial charge in [-0.15, -0.1) is 0 Å². The summed E-state index contributed by atoms with van der Waals surface area (Å²) in [6, 6.07) is 0. The molecule has 0 saturated heterocycles. The van der Waals surface area contributed by atoms with E-state index in [4.69, 9.17) is 0 Å². The lowest BCUT2D eigenvalue weighted by Gasteiger charge is -2.22. The van der Waals surface area contributed by atoms with Crippen molar-refractivity contribution in [2.45, 2.75) is 63.8 Å². The van der Waals surface area contributed by atoms with Gasteiger partial charge >= 0.3 is 6.18 Å². The van der Waals surface area contributed by atoms with E-state index < -0.39 is 18.4 Å². The summed E-state index contributed by atoms with van der Waals surface area (Å²) < 4.78 is 48.7. The summed E-state index contributed by atoms with van der Waals surface area (Å²) in [5.41, 5.74) is 4.54. The van der Waals surface area contributed by atoms with Crippen molar-refractivity contribution in [1.29, 1.82) is 0 Å². The monoisotopic (exact) mass is 229 g/mol. The van der Waals surface area contributed by atoms with E-state index >= 15 is 0 Å². The molecule has 92 valence electrons. The van der Waals surface area contributed by atoms with Crippen molar-refractivity contribution in [3.05, 3.63) is 0 Å². The summed E-state index contributed by atoms with van der Waals surface area (Å²) in [4.78, 5) is 0. The fourth-order valence-electron chi connectivity index (χ4n) is 1.30. The van der Waals surface area contributed by atoms with Crippen molar-refractivity contribution in [1.82, 2.24) is 0 Å². The van der Waals surface area contributed by atoms with Gasteiger partial charge in [0.1, 0.15) is 0 Å². The molecule has 0 heterocycles. The first kappa shape index (κ1) is 14.7. The third kappa shape index (κ3) is 5.97. The van der Waals surface area contributed by atoms with Crippen LogP contribution in [-0.4, -0.2) is 12.0 Å². The summed E-state index contributed by atoms with van der Waals surface area (Å²) in [5.74, 6) is -3.52. The lowest BCUT2D eigenvalue weighted by atomic mass is 10.0. The van der Waals surface area contributed by atoms with Crippen LogP contribution in [0.1, 0.15) is 51.9 Å². The smallest absolute Gasteiger partial charge is 0.291 e. The number of halogens is 4. The Morgan fingerprint density at radius 3 is 1.80 bits per heavy atom. The Balaban J connectivity index is 3.58. The SMILES string of the molecule is CCCCCCCCC(N)(F)C(F)(F)F. The summed E-state index contributed by atoms with van der Waals surface area (Å²) in [6.07, 6.45) is -0.794. The molecule has 2 N–H and O–H groups in total. The number of nitrogens with two attached hydrogens (primary N) is 1. The van der Waals surface area contributed by atoms with Crippen molar-refractivity contribution in [2.75, 3.05) is 0 Å². The van der Waals surface area contributed by atoms with Gasteiger partial charge in [0.15, 0.2) is 0 Å². The number of rotatable bonds is 7. The Morgan fingerprint density at radius 2 is 1.33 bits per heavy atom. The minimum atomic E-state index is -4.95. The molecule has 0 aliphatic carbocycles. The zero-order valence-electron chi connectivity index (χ0n) is 9.04. The molecule has 1 nitrogen and oxygen atoms in total. The molecule has 0 aromatic rings. The first-order valence-corrected chi connectivity index (χ1v) is 5.36. The van der Waals surface area contributed by atoms with Crippen molar-refractivity contribution in [3.8, 4) is 0 Å². The van der Waals surface area contributed by atoms with Crippen LogP contribution in [0.4, 0.5) is 17.6 Å². The van der Waals surface area contributed by atoms with E-state index in [0.717, 1.165) is 25.7 Å². The summed E-state index contributed by atoms with van der Waals surface area (Å²) in [7, 11) is 0. The van der Waals surface area contributed by atoms with E-state index in [0.29, 0.717) is 6.42 Å². The van der Waals surface area contributed by atoms with Gasteiger partial charge < -0.3 is 0 Å². The van der Waals surface area contributed by atoms with Crippen LogP contribution in [0, 0.1) is 0 Å². The van der Waals surface area contributed by atoms with Gasteiger partial charge in [0.2, 0.25) is 0 Å². The molecule has 15 heavy (non-hydrogen) atoms. The largest absolute Gasteiger partial charge is 0.436 e. The second-order valence-corrected chi connectivity index (χ2v) is 3.88. The second-order valence-electron chi connectivity index (χ2n) is 3.88. The summed E-state index contributed by atoms with van der Waals surface area (Å²) in [5, 5.41) is 0. The highest BCUT2D eigenvalue weighted by molar-refractivity contribution is 4.80. The zero-order chi connectivity index (χ0) is 11.9. The fraction of sp³-hybridized carbons (Fsp3) is 1.00. The number of hydrogen-bond acceptors (Lipinski definition) is 1. The van der Waals surface area contributed by atoms with E-state index in [1.54, 1.807) is 0 Å². The molecule has 0 saturated carbocycles. The highest BCUT2D eigenvalue weighted by atomic mass is 19.4. The Bertz CT molecular complexity index is 165. The highest BCUT2D eigenvalue weighted by Crippen LogP contribution is 2.33. The van der Waals surface area contributed by atoms with Gasteiger partial charge in [-0.1, -0.05) is 39.0 Å². The molecule has 1 unspecified atom stereocenters. The average Bonchev–Trinajstić information content (AvgIpc) is 2.09. The maximum absolute atomic E-state index is 12.8. The maximum Gasteiger partial charge on any atom is 0.436 e. The lowest BCUT2D eigenvalue weighted by Crippen LogP contribution is -2.49. The first-order valence-electron chi connectivity index (χ1n) is 5.36. The first-order chi connectivity index (χ1) is 6.81. The predicted molar refractivity (Wildman–Crippen MR) is 52.1 cm³/mol. The van der Waals surface area contributed by atoms with Gasteiger partial charge in [0, 0.05) is 6.42 Å². The molecule has 0 aromatic heterocycles. The predicted octanol–water partition coefficient (Wildman–Crippen LogP) is 3.92. The Labute approximate surface area is 88.0 Å². The molecule has 0 bridgehead atoms. The lowest BCUT2D eigenvalue weighted by molar-refractivity contribution is -0.231. The summed E-state index contributed by atoms with van der Waals surface area (Å²) in [6.45, 7) is 2.05.